The van der Waals surface area contributed by atoms with Crippen molar-refractivity contribution >= 4 is 38.4 Å². The van der Waals surface area contributed by atoms with E-state index < -0.39 is 20.9 Å². The Morgan fingerprint density at radius 3 is 2.51 bits per heavy atom. The summed E-state index contributed by atoms with van der Waals surface area (Å²) >= 11 is 0. The van der Waals surface area contributed by atoms with Crippen molar-refractivity contribution in [3.8, 4) is 0 Å². The van der Waals surface area contributed by atoms with Crippen LogP contribution in [0.5, 0.6) is 0 Å². The van der Waals surface area contributed by atoms with Crippen LogP contribution in [0.15, 0.2) is 58.1 Å². The molecule has 2 aliphatic rings. The molecule has 12 nitrogen and oxygen atoms in total. The standard InChI is InChI=1S/C25H26FN7O5S/c1-15-13-17(3-8-20(15)26)25-31-30-24(38-25)16-9-11-32(12-10-16)23-21(33(34)35)22(27-14-28-23)29-18-4-6-19(7-5-18)39(2,36)37/h3-8,13-16,20H,9-12H2,1-2H3,(H,27,28,29). The van der Waals surface area contributed by atoms with E-state index >= 15 is 0 Å². The molecule has 0 radical (unpaired) electrons. The van der Waals surface area contributed by atoms with Crippen molar-refractivity contribution in [2.24, 2.45) is 5.92 Å². The Hall–Kier alpha value is -4.20. The van der Waals surface area contributed by atoms with Gasteiger partial charge in [-0.25, -0.2) is 22.8 Å². The zero-order chi connectivity index (χ0) is 27.7. The van der Waals surface area contributed by atoms with Gasteiger partial charge in [-0.2, -0.15) is 0 Å². The van der Waals surface area contributed by atoms with Gasteiger partial charge >= 0.3 is 5.69 Å². The number of hydrogen-bond donors (Lipinski definition) is 1. The number of halogens is 1. The van der Waals surface area contributed by atoms with Gasteiger partial charge in [-0.05, 0) is 43.2 Å². The maximum atomic E-state index is 13.7. The highest BCUT2D eigenvalue weighted by Crippen LogP contribution is 2.37. The monoisotopic (exact) mass is 555 g/mol. The van der Waals surface area contributed by atoms with Gasteiger partial charge < -0.3 is 14.6 Å². The second kappa shape index (κ2) is 10.5. The quantitative estimate of drug-likeness (QED) is 0.329. The lowest BCUT2D eigenvalue weighted by atomic mass is 9.96. The molecule has 1 aliphatic carbocycles. The summed E-state index contributed by atoms with van der Waals surface area (Å²) in [5.74, 6) is 0.689. The highest BCUT2D eigenvalue weighted by Gasteiger charge is 2.32. The van der Waals surface area contributed by atoms with Gasteiger partial charge in [0.15, 0.2) is 9.84 Å². The molecule has 2 atom stereocenters. The lowest BCUT2D eigenvalue weighted by molar-refractivity contribution is -0.383. The molecular formula is C25H26FN7O5S. The molecule has 39 heavy (non-hydrogen) atoms. The van der Waals surface area contributed by atoms with Crippen LogP contribution in [-0.4, -0.2) is 59.0 Å². The fraction of sp³-hybridized carbons (Fsp3) is 0.360. The summed E-state index contributed by atoms with van der Waals surface area (Å²) in [4.78, 5) is 21.7. The average molecular weight is 556 g/mol. The van der Waals surface area contributed by atoms with Gasteiger partial charge in [0.1, 0.15) is 12.5 Å². The third kappa shape index (κ3) is 5.65. The molecule has 2 unspecified atom stereocenters. The Bertz CT molecular complexity index is 1550. The fourth-order valence-electron chi connectivity index (χ4n) is 4.58. The van der Waals surface area contributed by atoms with E-state index in [1.807, 2.05) is 4.90 Å². The normalized spacial score (nSPS) is 20.1. The van der Waals surface area contributed by atoms with Crippen molar-refractivity contribution in [2.75, 3.05) is 29.6 Å². The zero-order valence-electron chi connectivity index (χ0n) is 21.2. The minimum absolute atomic E-state index is 0.000620. The molecule has 3 aromatic rings. The molecule has 0 spiro atoms. The van der Waals surface area contributed by atoms with E-state index in [1.165, 1.54) is 36.7 Å². The predicted octanol–water partition coefficient (Wildman–Crippen LogP) is 4.23. The predicted molar refractivity (Wildman–Crippen MR) is 141 cm³/mol. The molecule has 14 heteroatoms. The minimum atomic E-state index is -3.37. The topological polar surface area (TPSA) is 157 Å². The third-order valence-electron chi connectivity index (χ3n) is 6.77. The van der Waals surface area contributed by atoms with Crippen LogP contribution in [0.4, 0.5) is 27.4 Å². The van der Waals surface area contributed by atoms with Gasteiger partial charge in [0, 0.05) is 42.4 Å². The summed E-state index contributed by atoms with van der Waals surface area (Å²) in [5, 5.41) is 23.3. The van der Waals surface area contributed by atoms with E-state index in [-0.39, 0.29) is 34.1 Å². The summed E-state index contributed by atoms with van der Waals surface area (Å²) in [6.45, 7) is 2.71. The van der Waals surface area contributed by atoms with Crippen LogP contribution in [0.25, 0.3) is 5.57 Å². The van der Waals surface area contributed by atoms with Crippen LogP contribution in [0.1, 0.15) is 37.5 Å². The smallest absolute Gasteiger partial charge is 0.353 e. The molecule has 1 aromatic carbocycles. The summed E-state index contributed by atoms with van der Waals surface area (Å²) in [6, 6.07) is 5.86. The number of nitrogens with one attached hydrogen (secondary N) is 1. The Labute approximate surface area is 223 Å². The van der Waals surface area contributed by atoms with Crippen LogP contribution < -0.4 is 10.2 Å². The number of hydrogen-bond acceptors (Lipinski definition) is 11. The number of piperidine rings is 1. The Balaban J connectivity index is 1.30. The first-order valence-electron chi connectivity index (χ1n) is 12.3. The number of benzene rings is 1. The van der Waals surface area contributed by atoms with E-state index in [4.69, 9.17) is 4.42 Å². The van der Waals surface area contributed by atoms with E-state index in [1.54, 1.807) is 19.1 Å². The lowest BCUT2D eigenvalue weighted by Crippen LogP contribution is -2.34. The number of alkyl halides is 1. The number of nitro groups is 1. The average Bonchev–Trinajstić information content (AvgIpc) is 3.40. The Kier molecular flexibility index (Phi) is 7.12. The molecule has 1 aliphatic heterocycles. The van der Waals surface area contributed by atoms with E-state index in [9.17, 15) is 22.9 Å². The van der Waals surface area contributed by atoms with Gasteiger partial charge in [-0.15, -0.1) is 10.2 Å². The molecule has 3 heterocycles. The highest BCUT2D eigenvalue weighted by atomic mass is 32.2. The fourth-order valence-corrected chi connectivity index (χ4v) is 5.21. The molecule has 2 aromatic heterocycles. The van der Waals surface area contributed by atoms with Crippen molar-refractivity contribution in [3.05, 3.63) is 70.7 Å². The summed E-state index contributed by atoms with van der Waals surface area (Å²) in [6.07, 6.45) is 7.42. The molecular weight excluding hydrogens is 529 g/mol. The molecule has 0 bridgehead atoms. The lowest BCUT2D eigenvalue weighted by Gasteiger charge is -2.31. The third-order valence-corrected chi connectivity index (χ3v) is 7.89. The molecule has 1 fully saturated rings. The maximum absolute atomic E-state index is 13.7. The van der Waals surface area contributed by atoms with Crippen LogP contribution in [-0.2, 0) is 9.84 Å². The summed E-state index contributed by atoms with van der Waals surface area (Å²) in [7, 11) is -3.37. The van der Waals surface area contributed by atoms with Crippen LogP contribution in [0.2, 0.25) is 0 Å². The number of anilines is 3. The number of nitrogens with zero attached hydrogens (tertiary/aromatic N) is 6. The summed E-state index contributed by atoms with van der Waals surface area (Å²) < 4.78 is 43.0. The second-order valence-electron chi connectivity index (χ2n) is 9.56. The Morgan fingerprint density at radius 2 is 1.87 bits per heavy atom. The molecule has 0 amide bonds. The summed E-state index contributed by atoms with van der Waals surface area (Å²) in [5.41, 5.74) is 0.857. The van der Waals surface area contributed by atoms with Gasteiger partial charge in [-0.1, -0.05) is 19.1 Å². The first kappa shape index (κ1) is 26.4. The molecule has 204 valence electrons. The van der Waals surface area contributed by atoms with E-state index in [0.29, 0.717) is 49.0 Å². The van der Waals surface area contributed by atoms with Crippen molar-refractivity contribution in [2.45, 2.75) is 36.8 Å². The number of allylic oxidation sites excluding steroid dienone is 4. The molecule has 5 rings (SSSR count). The van der Waals surface area contributed by atoms with Gasteiger partial charge in [-0.3, -0.25) is 10.1 Å². The van der Waals surface area contributed by atoms with Crippen LogP contribution >= 0.6 is 0 Å². The molecule has 1 saturated heterocycles. The Morgan fingerprint density at radius 1 is 1.15 bits per heavy atom. The molecule has 0 saturated carbocycles. The minimum Gasteiger partial charge on any atom is -0.420 e. The second-order valence-corrected chi connectivity index (χ2v) is 11.6. The maximum Gasteiger partial charge on any atom is 0.353 e. The van der Waals surface area contributed by atoms with Gasteiger partial charge in [0.05, 0.1) is 9.82 Å². The van der Waals surface area contributed by atoms with E-state index in [2.05, 4.69) is 25.5 Å². The first-order valence-corrected chi connectivity index (χ1v) is 14.2. The van der Waals surface area contributed by atoms with Crippen molar-refractivity contribution in [1.82, 2.24) is 20.2 Å². The van der Waals surface area contributed by atoms with Crippen molar-refractivity contribution in [1.29, 1.82) is 0 Å². The highest BCUT2D eigenvalue weighted by molar-refractivity contribution is 7.90. The van der Waals surface area contributed by atoms with Crippen molar-refractivity contribution < 1.29 is 22.1 Å². The number of aromatic nitrogens is 4. The van der Waals surface area contributed by atoms with Crippen LogP contribution in [0, 0.1) is 16.0 Å². The largest absolute Gasteiger partial charge is 0.420 e. The van der Waals surface area contributed by atoms with E-state index in [0.717, 1.165) is 6.26 Å². The number of sulfone groups is 1. The van der Waals surface area contributed by atoms with Gasteiger partial charge in [0.25, 0.3) is 0 Å². The van der Waals surface area contributed by atoms with Crippen molar-refractivity contribution in [3.63, 3.8) is 0 Å². The SMILES string of the molecule is CC1C=C(c2nnc(C3CCN(c4ncnc(Nc5ccc(S(C)(=O)=O)cc5)c4[N+](=O)[O-])CC3)o2)C=CC1F. The van der Waals surface area contributed by atoms with Crippen LogP contribution in [0.3, 0.4) is 0 Å². The number of rotatable bonds is 7. The molecule has 1 N–H and O–H groups in total. The van der Waals surface area contributed by atoms with Gasteiger partial charge in [0.2, 0.25) is 23.4 Å². The zero-order valence-corrected chi connectivity index (χ0v) is 22.0. The first-order chi connectivity index (χ1) is 18.6.